The molecule has 0 amide bonds. The first-order chi connectivity index (χ1) is 11.6. The Morgan fingerprint density at radius 2 is 2.04 bits per heavy atom. The molecule has 2 fully saturated rings. The number of hydrogen-bond donors (Lipinski definition) is 2. The van der Waals surface area contributed by atoms with Crippen molar-refractivity contribution in [2.24, 2.45) is 5.92 Å². The molecule has 0 bridgehead atoms. The fourth-order valence-electron chi connectivity index (χ4n) is 3.54. The zero-order valence-corrected chi connectivity index (χ0v) is 14.4. The minimum Gasteiger partial charge on any atom is -0.396 e. The molecule has 1 aromatic heterocycles. The second-order valence-electron chi connectivity index (χ2n) is 7.15. The van der Waals surface area contributed by atoms with E-state index in [4.69, 9.17) is 0 Å². The molecule has 0 radical (unpaired) electrons. The monoisotopic (exact) mass is 336 g/mol. The number of aliphatic hydroxyl groups excluding tert-OH is 1. The molecule has 2 aliphatic rings. The molecule has 0 aromatic carbocycles. The highest BCUT2D eigenvalue weighted by molar-refractivity contribution is 4.96. The highest BCUT2D eigenvalue weighted by Crippen LogP contribution is 2.31. The summed E-state index contributed by atoms with van der Waals surface area (Å²) in [6, 6.07) is 1.83. The first-order valence-corrected chi connectivity index (χ1v) is 8.95. The van der Waals surface area contributed by atoms with Crippen molar-refractivity contribution in [2.45, 2.75) is 38.8 Å². The number of piperazine rings is 1. The van der Waals surface area contributed by atoms with E-state index in [9.17, 15) is 14.7 Å². The van der Waals surface area contributed by atoms with Gasteiger partial charge in [0.2, 0.25) is 0 Å². The number of rotatable bonds is 7. The molecular weight excluding hydrogens is 308 g/mol. The molecule has 2 N–H and O–H groups in total. The highest BCUT2D eigenvalue weighted by atomic mass is 16.3. The Hall–Kier alpha value is -1.44. The van der Waals surface area contributed by atoms with Crippen molar-refractivity contribution in [1.29, 1.82) is 0 Å². The Bertz CT molecular complexity index is 633. The maximum absolute atomic E-state index is 12.0. The van der Waals surface area contributed by atoms with Crippen molar-refractivity contribution in [3.05, 3.63) is 32.6 Å². The highest BCUT2D eigenvalue weighted by Gasteiger charge is 2.31. The van der Waals surface area contributed by atoms with Gasteiger partial charge in [-0.1, -0.05) is 0 Å². The molecular formula is C17H28N4O3. The molecule has 1 aliphatic carbocycles. The van der Waals surface area contributed by atoms with Crippen molar-refractivity contribution in [1.82, 2.24) is 19.4 Å². The van der Waals surface area contributed by atoms with Crippen molar-refractivity contribution in [2.75, 3.05) is 39.3 Å². The van der Waals surface area contributed by atoms with E-state index in [1.807, 2.05) is 0 Å². The van der Waals surface area contributed by atoms with E-state index >= 15 is 0 Å². The van der Waals surface area contributed by atoms with Gasteiger partial charge in [-0.25, -0.2) is 4.79 Å². The molecule has 2 heterocycles. The molecule has 1 saturated heterocycles. The smallest absolute Gasteiger partial charge is 0.328 e. The summed E-state index contributed by atoms with van der Waals surface area (Å²) in [5, 5.41) is 9.34. The van der Waals surface area contributed by atoms with E-state index in [2.05, 4.69) is 14.8 Å². The second kappa shape index (κ2) is 7.63. The maximum atomic E-state index is 12.0. The first-order valence-electron chi connectivity index (χ1n) is 8.95. The third kappa shape index (κ3) is 4.34. The Kier molecular flexibility index (Phi) is 5.53. The van der Waals surface area contributed by atoms with E-state index in [1.54, 1.807) is 6.92 Å². The molecule has 0 unspecified atom stereocenters. The number of aliphatic hydroxyl groups is 1. The van der Waals surface area contributed by atoms with Crippen LogP contribution in [0.25, 0.3) is 0 Å². The van der Waals surface area contributed by atoms with Crippen molar-refractivity contribution < 1.29 is 5.11 Å². The lowest BCUT2D eigenvalue weighted by molar-refractivity contribution is 0.0540. The maximum Gasteiger partial charge on any atom is 0.328 e. The van der Waals surface area contributed by atoms with Crippen LogP contribution in [0.4, 0.5) is 0 Å². The molecule has 0 spiro atoms. The van der Waals surface area contributed by atoms with Crippen molar-refractivity contribution in [3.63, 3.8) is 0 Å². The number of hydrogen-bond acceptors (Lipinski definition) is 5. The van der Waals surface area contributed by atoms with Crippen LogP contribution in [0.15, 0.2) is 15.7 Å². The standard InChI is InChI=1S/C17H28N4O3/c1-13-10-16(23)21(17(24)18-13)8-6-19-5-7-20(11-14-2-3-14)15(12-19)4-9-22/h10,14-15,22H,2-9,11-12H2,1H3,(H,18,24)/t15-/m0/s1. The largest absolute Gasteiger partial charge is 0.396 e. The normalized spacial score (nSPS) is 22.8. The van der Waals surface area contributed by atoms with Gasteiger partial charge in [0.05, 0.1) is 0 Å². The minimum absolute atomic E-state index is 0.205. The Morgan fingerprint density at radius 1 is 1.25 bits per heavy atom. The summed E-state index contributed by atoms with van der Waals surface area (Å²) in [6.07, 6.45) is 3.46. The number of aromatic amines is 1. The average molecular weight is 336 g/mol. The van der Waals surface area contributed by atoms with Crippen LogP contribution in [0, 0.1) is 12.8 Å². The van der Waals surface area contributed by atoms with E-state index in [1.165, 1.54) is 23.5 Å². The molecule has 1 aliphatic heterocycles. The summed E-state index contributed by atoms with van der Waals surface area (Å²) in [5.74, 6) is 0.849. The minimum atomic E-state index is -0.334. The van der Waals surface area contributed by atoms with Crippen LogP contribution in [0.3, 0.4) is 0 Å². The lowest BCUT2D eigenvalue weighted by atomic mass is 10.1. The van der Waals surface area contributed by atoms with Crippen LogP contribution in [0.1, 0.15) is 25.0 Å². The van der Waals surface area contributed by atoms with Gasteiger partial charge in [-0.15, -0.1) is 0 Å². The van der Waals surface area contributed by atoms with E-state index < -0.39 is 0 Å². The van der Waals surface area contributed by atoms with Gasteiger partial charge in [-0.05, 0) is 32.1 Å². The predicted molar refractivity (Wildman–Crippen MR) is 92.3 cm³/mol. The molecule has 24 heavy (non-hydrogen) atoms. The summed E-state index contributed by atoms with van der Waals surface area (Å²) < 4.78 is 1.27. The number of nitrogens with zero attached hydrogens (tertiary/aromatic N) is 3. The fourth-order valence-corrected chi connectivity index (χ4v) is 3.54. The molecule has 134 valence electrons. The molecule has 1 atom stereocenters. The quantitative estimate of drug-likeness (QED) is 0.710. The van der Waals surface area contributed by atoms with E-state index in [-0.39, 0.29) is 17.9 Å². The third-order valence-corrected chi connectivity index (χ3v) is 5.14. The predicted octanol–water partition coefficient (Wildman–Crippen LogP) is -0.376. The van der Waals surface area contributed by atoms with Crippen LogP contribution in [-0.2, 0) is 6.54 Å². The number of H-pyrrole nitrogens is 1. The Labute approximate surface area is 141 Å². The van der Waals surface area contributed by atoms with Crippen LogP contribution in [0.5, 0.6) is 0 Å². The molecule has 3 rings (SSSR count). The topological polar surface area (TPSA) is 81.6 Å². The van der Waals surface area contributed by atoms with Gasteiger partial charge in [-0.3, -0.25) is 19.2 Å². The molecule has 1 aromatic rings. The van der Waals surface area contributed by atoms with Crippen molar-refractivity contribution >= 4 is 0 Å². The van der Waals surface area contributed by atoms with Crippen molar-refractivity contribution in [3.8, 4) is 0 Å². The number of nitrogens with one attached hydrogen (secondary N) is 1. The number of aryl methyl sites for hydroxylation is 1. The second-order valence-corrected chi connectivity index (χ2v) is 7.15. The van der Waals surface area contributed by atoms with Crippen LogP contribution in [-0.4, -0.2) is 69.8 Å². The zero-order valence-electron chi connectivity index (χ0n) is 14.4. The molecule has 7 nitrogen and oxygen atoms in total. The van der Waals surface area contributed by atoms with Crippen LogP contribution < -0.4 is 11.2 Å². The van der Waals surface area contributed by atoms with Gasteiger partial charge >= 0.3 is 5.69 Å². The Balaban J connectivity index is 1.58. The van der Waals surface area contributed by atoms with Gasteiger partial charge in [0, 0.05) is 63.7 Å². The number of aromatic nitrogens is 2. The zero-order chi connectivity index (χ0) is 17.1. The third-order valence-electron chi connectivity index (χ3n) is 5.14. The van der Waals surface area contributed by atoms with E-state index in [0.29, 0.717) is 24.8 Å². The lowest BCUT2D eigenvalue weighted by Gasteiger charge is -2.41. The molecule has 1 saturated carbocycles. The average Bonchev–Trinajstić information content (AvgIpc) is 3.33. The summed E-state index contributed by atoms with van der Waals surface area (Å²) in [7, 11) is 0. The summed E-state index contributed by atoms with van der Waals surface area (Å²) in [4.78, 5) is 31.4. The van der Waals surface area contributed by atoms with Crippen LogP contribution in [0.2, 0.25) is 0 Å². The summed E-state index contributed by atoms with van der Waals surface area (Å²) >= 11 is 0. The van der Waals surface area contributed by atoms with Crippen LogP contribution >= 0.6 is 0 Å². The van der Waals surface area contributed by atoms with Gasteiger partial charge in [0.25, 0.3) is 5.56 Å². The van der Waals surface area contributed by atoms with Gasteiger partial charge in [0.15, 0.2) is 0 Å². The lowest BCUT2D eigenvalue weighted by Crippen LogP contribution is -2.54. The Morgan fingerprint density at radius 3 is 2.71 bits per heavy atom. The summed E-state index contributed by atoms with van der Waals surface area (Å²) in [6.45, 7) is 7.01. The fraction of sp³-hybridized carbons (Fsp3) is 0.765. The first kappa shape index (κ1) is 17.4. The van der Waals surface area contributed by atoms with Gasteiger partial charge in [0.1, 0.15) is 0 Å². The van der Waals surface area contributed by atoms with Gasteiger partial charge in [-0.2, -0.15) is 0 Å². The van der Waals surface area contributed by atoms with E-state index in [0.717, 1.165) is 38.5 Å². The SMILES string of the molecule is Cc1cc(=O)n(CCN2CCN(CC3CC3)[C@@H](CCO)C2)c(=O)[nH]1. The van der Waals surface area contributed by atoms with Gasteiger partial charge < -0.3 is 10.1 Å². The summed E-state index contributed by atoms with van der Waals surface area (Å²) in [5.41, 5.74) is 0.0211. The molecule has 7 heteroatoms.